The maximum Gasteiger partial charge on any atom is 0.261 e. The van der Waals surface area contributed by atoms with E-state index in [0.717, 1.165) is 18.4 Å². The zero-order valence-electron chi connectivity index (χ0n) is 19.8. The minimum absolute atomic E-state index is 0.174. The van der Waals surface area contributed by atoms with E-state index in [2.05, 4.69) is 34.5 Å². The quantitative estimate of drug-likeness (QED) is 0.571. The van der Waals surface area contributed by atoms with Crippen molar-refractivity contribution < 1.29 is 17.9 Å². The SMILES string of the molecule is CC[C@H](Oc1ccc(N(C)S(C)(=O)=O)cc1)C(=O)NCc1ccc(CN2CCCCC2)cc1. The number of carbonyl (C=O) groups excluding carboxylic acids is 1. The molecular formula is C25H35N3O4S. The maximum atomic E-state index is 12.7. The average molecular weight is 474 g/mol. The summed E-state index contributed by atoms with van der Waals surface area (Å²) in [5, 5.41) is 2.96. The van der Waals surface area contributed by atoms with Crippen LogP contribution in [0.15, 0.2) is 48.5 Å². The summed E-state index contributed by atoms with van der Waals surface area (Å²) in [5.74, 6) is 0.344. The van der Waals surface area contributed by atoms with Gasteiger partial charge in [0.2, 0.25) is 10.0 Å². The first-order valence-corrected chi connectivity index (χ1v) is 13.4. The maximum absolute atomic E-state index is 12.7. The molecular weight excluding hydrogens is 438 g/mol. The monoisotopic (exact) mass is 473 g/mol. The number of nitrogens with zero attached hydrogens (tertiary/aromatic N) is 2. The molecule has 2 aromatic carbocycles. The average Bonchev–Trinajstić information content (AvgIpc) is 2.82. The predicted molar refractivity (Wildman–Crippen MR) is 132 cm³/mol. The fourth-order valence-corrected chi connectivity index (χ4v) is 4.36. The highest BCUT2D eigenvalue weighted by Gasteiger charge is 2.19. The van der Waals surface area contributed by atoms with Crippen LogP contribution in [-0.2, 0) is 27.9 Å². The first-order valence-electron chi connectivity index (χ1n) is 11.5. The first kappa shape index (κ1) is 25.1. The van der Waals surface area contributed by atoms with Crippen LogP contribution in [0.2, 0.25) is 0 Å². The Hall–Kier alpha value is -2.58. The molecule has 8 heteroatoms. The van der Waals surface area contributed by atoms with Crippen molar-refractivity contribution in [3.05, 3.63) is 59.7 Å². The van der Waals surface area contributed by atoms with Crippen LogP contribution >= 0.6 is 0 Å². The summed E-state index contributed by atoms with van der Waals surface area (Å²) in [6.45, 7) is 5.67. The molecule has 2 aromatic rings. The lowest BCUT2D eigenvalue weighted by Crippen LogP contribution is -2.37. The number of ether oxygens (including phenoxy) is 1. The van der Waals surface area contributed by atoms with Gasteiger partial charge in [0.05, 0.1) is 11.9 Å². The minimum Gasteiger partial charge on any atom is -0.481 e. The Balaban J connectivity index is 1.50. The second kappa shape index (κ2) is 11.5. The third-order valence-corrected chi connectivity index (χ3v) is 7.19. The van der Waals surface area contributed by atoms with Gasteiger partial charge in [-0.25, -0.2) is 8.42 Å². The normalized spacial score (nSPS) is 15.6. The zero-order valence-corrected chi connectivity index (χ0v) is 20.6. The number of hydrogen-bond acceptors (Lipinski definition) is 5. The van der Waals surface area contributed by atoms with Crippen molar-refractivity contribution in [2.24, 2.45) is 0 Å². The van der Waals surface area contributed by atoms with E-state index in [1.165, 1.54) is 49.3 Å². The highest BCUT2D eigenvalue weighted by atomic mass is 32.2. The van der Waals surface area contributed by atoms with Gasteiger partial charge in [-0.05, 0) is 67.7 Å². The van der Waals surface area contributed by atoms with Crippen molar-refractivity contribution in [3.8, 4) is 5.75 Å². The molecule has 1 saturated heterocycles. The second-order valence-electron chi connectivity index (χ2n) is 8.61. The van der Waals surface area contributed by atoms with Crippen LogP contribution in [0, 0.1) is 0 Å². The molecule has 1 fully saturated rings. The topological polar surface area (TPSA) is 78.9 Å². The lowest BCUT2D eigenvalue weighted by molar-refractivity contribution is -0.128. The third-order valence-electron chi connectivity index (χ3n) is 5.98. The molecule has 7 nitrogen and oxygen atoms in total. The summed E-state index contributed by atoms with van der Waals surface area (Å²) >= 11 is 0. The van der Waals surface area contributed by atoms with Crippen LogP contribution in [0.5, 0.6) is 5.75 Å². The Bertz CT molecular complexity index is 1000. The molecule has 0 radical (unpaired) electrons. The molecule has 0 unspecified atom stereocenters. The number of hydrogen-bond donors (Lipinski definition) is 1. The predicted octanol–water partition coefficient (Wildman–Crippen LogP) is 3.54. The molecule has 0 saturated carbocycles. The van der Waals surface area contributed by atoms with Crippen molar-refractivity contribution in [2.75, 3.05) is 30.7 Å². The molecule has 1 N–H and O–H groups in total. The van der Waals surface area contributed by atoms with Crippen LogP contribution in [0.25, 0.3) is 0 Å². The van der Waals surface area contributed by atoms with Crippen molar-refractivity contribution in [1.82, 2.24) is 10.2 Å². The number of nitrogens with one attached hydrogen (secondary N) is 1. The highest BCUT2D eigenvalue weighted by molar-refractivity contribution is 7.92. The Morgan fingerprint density at radius 1 is 1.03 bits per heavy atom. The fraction of sp³-hybridized carbons (Fsp3) is 0.480. The van der Waals surface area contributed by atoms with E-state index in [-0.39, 0.29) is 5.91 Å². The van der Waals surface area contributed by atoms with E-state index in [1.54, 1.807) is 24.3 Å². The zero-order chi connectivity index (χ0) is 23.8. The number of piperidine rings is 1. The molecule has 0 aromatic heterocycles. The smallest absolute Gasteiger partial charge is 0.261 e. The number of sulfonamides is 1. The van der Waals surface area contributed by atoms with Gasteiger partial charge in [-0.15, -0.1) is 0 Å². The summed E-state index contributed by atoms with van der Waals surface area (Å²) in [6.07, 6.45) is 4.95. The van der Waals surface area contributed by atoms with Gasteiger partial charge in [-0.2, -0.15) is 0 Å². The van der Waals surface area contributed by atoms with Gasteiger partial charge >= 0.3 is 0 Å². The van der Waals surface area contributed by atoms with E-state index in [4.69, 9.17) is 4.74 Å². The Labute approximate surface area is 197 Å². The van der Waals surface area contributed by atoms with Gasteiger partial charge in [-0.3, -0.25) is 14.0 Å². The van der Waals surface area contributed by atoms with Crippen LogP contribution in [0.1, 0.15) is 43.7 Å². The van der Waals surface area contributed by atoms with E-state index in [9.17, 15) is 13.2 Å². The van der Waals surface area contributed by atoms with Gasteiger partial charge in [0.25, 0.3) is 5.91 Å². The Morgan fingerprint density at radius 3 is 2.21 bits per heavy atom. The van der Waals surface area contributed by atoms with E-state index in [1.807, 2.05) is 6.92 Å². The summed E-state index contributed by atoms with van der Waals surface area (Å²) < 4.78 is 30.4. The molecule has 1 aliphatic heterocycles. The lowest BCUT2D eigenvalue weighted by atomic mass is 10.1. The van der Waals surface area contributed by atoms with E-state index < -0.39 is 16.1 Å². The number of likely N-dealkylation sites (tertiary alicyclic amines) is 1. The number of benzene rings is 2. The summed E-state index contributed by atoms with van der Waals surface area (Å²) in [6, 6.07) is 15.1. The van der Waals surface area contributed by atoms with Crippen LogP contribution in [0.3, 0.4) is 0 Å². The molecule has 1 aliphatic rings. The molecule has 1 amide bonds. The number of anilines is 1. The summed E-state index contributed by atoms with van der Waals surface area (Å²) in [7, 11) is -1.83. The van der Waals surface area contributed by atoms with Crippen LogP contribution in [0.4, 0.5) is 5.69 Å². The van der Waals surface area contributed by atoms with Crippen LogP contribution < -0.4 is 14.4 Å². The van der Waals surface area contributed by atoms with Crippen molar-refractivity contribution >= 4 is 21.6 Å². The van der Waals surface area contributed by atoms with Crippen molar-refractivity contribution in [1.29, 1.82) is 0 Å². The minimum atomic E-state index is -3.33. The van der Waals surface area contributed by atoms with Gasteiger partial charge in [0, 0.05) is 20.1 Å². The lowest BCUT2D eigenvalue weighted by Gasteiger charge is -2.26. The van der Waals surface area contributed by atoms with Crippen molar-refractivity contribution in [2.45, 2.75) is 51.8 Å². The van der Waals surface area contributed by atoms with Crippen molar-refractivity contribution in [3.63, 3.8) is 0 Å². The number of carbonyl (C=O) groups is 1. The Morgan fingerprint density at radius 2 is 1.64 bits per heavy atom. The number of amides is 1. The Kier molecular flexibility index (Phi) is 8.74. The number of rotatable bonds is 10. The first-order chi connectivity index (χ1) is 15.8. The molecule has 1 heterocycles. The molecule has 180 valence electrons. The van der Waals surface area contributed by atoms with E-state index >= 15 is 0 Å². The van der Waals surface area contributed by atoms with Gasteiger partial charge in [-0.1, -0.05) is 37.6 Å². The van der Waals surface area contributed by atoms with E-state index in [0.29, 0.717) is 24.4 Å². The molecule has 0 spiro atoms. The second-order valence-corrected chi connectivity index (χ2v) is 10.6. The summed E-state index contributed by atoms with van der Waals surface area (Å²) in [5.41, 5.74) is 2.88. The van der Waals surface area contributed by atoms with Gasteiger partial charge in [0.1, 0.15) is 5.75 Å². The molecule has 33 heavy (non-hydrogen) atoms. The van der Waals surface area contributed by atoms with Gasteiger partial charge in [0.15, 0.2) is 6.10 Å². The summed E-state index contributed by atoms with van der Waals surface area (Å²) in [4.78, 5) is 15.2. The van der Waals surface area contributed by atoms with Crippen LogP contribution in [-0.4, -0.2) is 51.7 Å². The third kappa shape index (κ3) is 7.47. The van der Waals surface area contributed by atoms with Gasteiger partial charge < -0.3 is 10.1 Å². The molecule has 0 bridgehead atoms. The fourth-order valence-electron chi connectivity index (χ4n) is 3.85. The highest BCUT2D eigenvalue weighted by Crippen LogP contribution is 2.21. The molecule has 3 rings (SSSR count). The largest absolute Gasteiger partial charge is 0.481 e. The molecule has 1 atom stereocenters. The molecule has 0 aliphatic carbocycles. The standard InChI is InChI=1S/C25H35N3O4S/c1-4-24(32-23-14-12-22(13-15-23)27(2)33(3,30)31)25(29)26-18-20-8-10-21(11-9-20)19-28-16-6-5-7-17-28/h8-15,24H,4-7,16-19H2,1-3H3,(H,26,29)/t24-/m0/s1.